The van der Waals surface area contributed by atoms with Gasteiger partial charge in [0, 0.05) is 31.1 Å². The summed E-state index contributed by atoms with van der Waals surface area (Å²) >= 11 is 1.49. The van der Waals surface area contributed by atoms with E-state index in [4.69, 9.17) is 4.74 Å². The van der Waals surface area contributed by atoms with Gasteiger partial charge in [0.15, 0.2) is 0 Å². The predicted octanol–water partition coefficient (Wildman–Crippen LogP) is 2.71. The van der Waals surface area contributed by atoms with E-state index in [0.29, 0.717) is 31.1 Å². The van der Waals surface area contributed by atoms with Gasteiger partial charge in [0.25, 0.3) is 0 Å². The van der Waals surface area contributed by atoms with Crippen molar-refractivity contribution >= 4 is 27.7 Å². The van der Waals surface area contributed by atoms with Crippen molar-refractivity contribution in [2.75, 3.05) is 33.3 Å². The van der Waals surface area contributed by atoms with Crippen molar-refractivity contribution in [2.45, 2.75) is 22.0 Å². The lowest BCUT2D eigenvalue weighted by Crippen LogP contribution is -2.52. The van der Waals surface area contributed by atoms with Crippen molar-refractivity contribution in [3.05, 3.63) is 54.6 Å². The third-order valence-electron chi connectivity index (χ3n) is 4.65. The molecule has 2 aromatic carbocycles. The number of thioether (sulfide) groups is 1. The highest BCUT2D eigenvalue weighted by Gasteiger charge is 2.31. The fourth-order valence-corrected chi connectivity index (χ4v) is 5.45. The lowest BCUT2D eigenvalue weighted by molar-refractivity contribution is -0.131. The molecule has 2 aromatic rings. The predicted molar refractivity (Wildman–Crippen MR) is 110 cm³/mol. The number of benzene rings is 2. The molecule has 1 fully saturated rings. The number of hydrogen-bond donors (Lipinski definition) is 0. The first kappa shape index (κ1) is 20.7. The Bertz CT molecular complexity index is 894. The molecule has 1 atom stereocenters. The minimum Gasteiger partial charge on any atom is -0.497 e. The van der Waals surface area contributed by atoms with Crippen LogP contribution < -0.4 is 4.74 Å². The Labute approximate surface area is 170 Å². The van der Waals surface area contributed by atoms with E-state index in [0.717, 1.165) is 10.6 Å². The average molecular weight is 421 g/mol. The molecule has 0 N–H and O–H groups in total. The molecule has 0 aromatic heterocycles. The Hall–Kier alpha value is -2.03. The van der Waals surface area contributed by atoms with Crippen LogP contribution in [0.4, 0.5) is 0 Å². The van der Waals surface area contributed by atoms with Crippen molar-refractivity contribution in [3.8, 4) is 5.75 Å². The summed E-state index contributed by atoms with van der Waals surface area (Å²) in [6, 6.07) is 16.0. The Morgan fingerprint density at radius 1 is 1.00 bits per heavy atom. The number of hydrogen-bond acceptors (Lipinski definition) is 5. The summed E-state index contributed by atoms with van der Waals surface area (Å²) in [5, 5.41) is -0.245. The summed E-state index contributed by atoms with van der Waals surface area (Å²) in [6.45, 7) is 3.30. The monoisotopic (exact) mass is 420 g/mol. The number of carbonyl (C=O) groups is 1. The quantitative estimate of drug-likeness (QED) is 0.672. The standard InChI is InChI=1S/C20H24N2O4S2/c1-16(27-18-10-8-17(26-2)9-11-18)20(23)21-12-14-22(15-13-21)28(24,25)19-6-4-3-5-7-19/h3-11,16H,12-15H2,1-2H3/t16-/m1/s1. The van der Waals surface area contributed by atoms with Gasteiger partial charge in [0.1, 0.15) is 5.75 Å². The molecule has 0 saturated carbocycles. The fourth-order valence-electron chi connectivity index (χ4n) is 3.06. The van der Waals surface area contributed by atoms with E-state index in [1.165, 1.54) is 16.1 Å². The zero-order chi connectivity index (χ0) is 20.1. The highest BCUT2D eigenvalue weighted by molar-refractivity contribution is 8.00. The molecule has 0 unspecified atom stereocenters. The first-order valence-corrected chi connectivity index (χ1v) is 11.4. The minimum atomic E-state index is -3.51. The highest BCUT2D eigenvalue weighted by atomic mass is 32.2. The van der Waals surface area contributed by atoms with Gasteiger partial charge in [-0.25, -0.2) is 8.42 Å². The van der Waals surface area contributed by atoms with Gasteiger partial charge in [-0.05, 0) is 43.3 Å². The summed E-state index contributed by atoms with van der Waals surface area (Å²) < 4.78 is 32.0. The molecule has 1 aliphatic heterocycles. The van der Waals surface area contributed by atoms with E-state index in [2.05, 4.69) is 0 Å². The lowest BCUT2D eigenvalue weighted by Gasteiger charge is -2.35. The molecule has 8 heteroatoms. The van der Waals surface area contributed by atoms with Crippen molar-refractivity contribution < 1.29 is 17.9 Å². The maximum Gasteiger partial charge on any atom is 0.243 e. The van der Waals surface area contributed by atoms with Crippen LogP contribution in [0.15, 0.2) is 64.4 Å². The van der Waals surface area contributed by atoms with E-state index < -0.39 is 10.0 Å². The number of piperazine rings is 1. The van der Waals surface area contributed by atoms with Gasteiger partial charge >= 0.3 is 0 Å². The number of methoxy groups -OCH3 is 1. The molecular weight excluding hydrogens is 396 g/mol. The number of ether oxygens (including phenoxy) is 1. The van der Waals surface area contributed by atoms with Gasteiger partial charge in [-0.1, -0.05) is 18.2 Å². The first-order chi connectivity index (χ1) is 13.4. The average Bonchev–Trinajstić information content (AvgIpc) is 2.74. The molecule has 1 heterocycles. The van der Waals surface area contributed by atoms with Crippen molar-refractivity contribution in [1.29, 1.82) is 0 Å². The Balaban J connectivity index is 1.57. The second-order valence-electron chi connectivity index (χ2n) is 6.48. The third kappa shape index (κ3) is 4.68. The molecule has 1 amide bonds. The normalized spacial score (nSPS) is 16.6. The summed E-state index contributed by atoms with van der Waals surface area (Å²) in [6.07, 6.45) is 0. The molecule has 1 aliphatic rings. The number of rotatable bonds is 6. The summed E-state index contributed by atoms with van der Waals surface area (Å²) in [5.74, 6) is 0.802. The molecule has 0 aliphatic carbocycles. The van der Waals surface area contributed by atoms with Crippen LogP contribution in [0.25, 0.3) is 0 Å². The lowest BCUT2D eigenvalue weighted by atomic mass is 10.3. The van der Waals surface area contributed by atoms with Gasteiger partial charge in [-0.2, -0.15) is 4.31 Å². The smallest absolute Gasteiger partial charge is 0.243 e. The first-order valence-electron chi connectivity index (χ1n) is 9.06. The van der Waals surface area contributed by atoms with Crippen LogP contribution in [0.3, 0.4) is 0 Å². The number of nitrogens with zero attached hydrogens (tertiary/aromatic N) is 2. The van der Waals surface area contributed by atoms with E-state index in [9.17, 15) is 13.2 Å². The summed E-state index contributed by atoms with van der Waals surface area (Å²) in [5.41, 5.74) is 0. The van der Waals surface area contributed by atoms with Crippen LogP contribution in [0.1, 0.15) is 6.92 Å². The van der Waals surface area contributed by atoms with Crippen LogP contribution in [0.5, 0.6) is 5.75 Å². The SMILES string of the molecule is COc1ccc(S[C@H](C)C(=O)N2CCN(S(=O)(=O)c3ccccc3)CC2)cc1. The maximum absolute atomic E-state index is 12.8. The zero-order valence-corrected chi connectivity index (χ0v) is 17.6. The molecule has 1 saturated heterocycles. The highest BCUT2D eigenvalue weighted by Crippen LogP contribution is 2.27. The van der Waals surface area contributed by atoms with Crippen LogP contribution in [0.2, 0.25) is 0 Å². The fraction of sp³-hybridized carbons (Fsp3) is 0.350. The molecular formula is C20H24N2O4S2. The Morgan fingerprint density at radius 2 is 1.61 bits per heavy atom. The summed E-state index contributed by atoms with van der Waals surface area (Å²) in [7, 11) is -1.89. The second kappa shape index (κ2) is 8.98. The molecule has 3 rings (SSSR count). The van der Waals surface area contributed by atoms with Crippen LogP contribution in [0, 0.1) is 0 Å². The molecule has 0 bridgehead atoms. The molecule has 150 valence electrons. The molecule has 6 nitrogen and oxygen atoms in total. The van der Waals surface area contributed by atoms with Gasteiger partial charge in [0.05, 0.1) is 17.3 Å². The molecule has 0 spiro atoms. The maximum atomic E-state index is 12.8. The van der Waals surface area contributed by atoms with E-state index in [1.54, 1.807) is 42.3 Å². The van der Waals surface area contributed by atoms with Crippen LogP contribution >= 0.6 is 11.8 Å². The van der Waals surface area contributed by atoms with E-state index in [1.807, 2.05) is 31.2 Å². The van der Waals surface area contributed by atoms with Crippen LogP contribution in [-0.4, -0.2) is 62.1 Å². The minimum absolute atomic E-state index is 0.0255. The second-order valence-corrected chi connectivity index (χ2v) is 9.83. The van der Waals surface area contributed by atoms with Gasteiger partial charge in [0.2, 0.25) is 15.9 Å². The van der Waals surface area contributed by atoms with Gasteiger partial charge < -0.3 is 9.64 Å². The van der Waals surface area contributed by atoms with Gasteiger partial charge in [-0.15, -0.1) is 11.8 Å². The van der Waals surface area contributed by atoms with Gasteiger partial charge in [-0.3, -0.25) is 4.79 Å². The molecule has 28 heavy (non-hydrogen) atoms. The number of carbonyl (C=O) groups excluding carboxylic acids is 1. The Kier molecular flexibility index (Phi) is 6.64. The largest absolute Gasteiger partial charge is 0.497 e. The number of sulfonamides is 1. The zero-order valence-electron chi connectivity index (χ0n) is 15.9. The topological polar surface area (TPSA) is 66.9 Å². The van der Waals surface area contributed by atoms with Crippen LogP contribution in [-0.2, 0) is 14.8 Å². The molecule has 0 radical (unpaired) electrons. The summed E-state index contributed by atoms with van der Waals surface area (Å²) in [4.78, 5) is 15.8. The van der Waals surface area contributed by atoms with Crippen molar-refractivity contribution in [2.24, 2.45) is 0 Å². The van der Waals surface area contributed by atoms with E-state index >= 15 is 0 Å². The van der Waals surface area contributed by atoms with Crippen molar-refractivity contribution in [3.63, 3.8) is 0 Å². The number of amides is 1. The third-order valence-corrected chi connectivity index (χ3v) is 7.66. The van der Waals surface area contributed by atoms with E-state index in [-0.39, 0.29) is 11.2 Å². The van der Waals surface area contributed by atoms with Crippen molar-refractivity contribution in [1.82, 2.24) is 9.21 Å². The Morgan fingerprint density at radius 3 is 2.18 bits per heavy atom.